The lowest BCUT2D eigenvalue weighted by atomic mass is 9.99. The van der Waals surface area contributed by atoms with Crippen LogP contribution in [0, 0.1) is 5.92 Å². The number of nitrogens with zero attached hydrogens (tertiary/aromatic N) is 1. The van der Waals surface area contributed by atoms with E-state index in [0.717, 1.165) is 12.0 Å². The highest BCUT2D eigenvalue weighted by molar-refractivity contribution is 6.30. The lowest BCUT2D eigenvalue weighted by Gasteiger charge is -2.25. The molecule has 0 spiro atoms. The second kappa shape index (κ2) is 6.27. The largest absolute Gasteiger partial charge is 0.480 e. The Morgan fingerprint density at radius 2 is 2.25 bits per heavy atom. The van der Waals surface area contributed by atoms with E-state index < -0.39 is 12.0 Å². The van der Waals surface area contributed by atoms with E-state index in [1.165, 1.54) is 4.90 Å². The molecule has 20 heavy (non-hydrogen) atoms. The van der Waals surface area contributed by atoms with Crippen LogP contribution in [0.2, 0.25) is 5.02 Å². The Bertz CT molecular complexity index is 518. The van der Waals surface area contributed by atoms with Gasteiger partial charge in [0.25, 0.3) is 0 Å². The van der Waals surface area contributed by atoms with Crippen LogP contribution in [0.25, 0.3) is 0 Å². The third kappa shape index (κ3) is 3.31. The third-order valence-electron chi connectivity index (χ3n) is 3.67. The average Bonchev–Trinajstić information content (AvgIpc) is 2.87. The molecule has 1 N–H and O–H groups in total. The van der Waals surface area contributed by atoms with Crippen LogP contribution in [-0.4, -0.2) is 34.5 Å². The number of carbonyl (C=O) groups excluding carboxylic acids is 1. The van der Waals surface area contributed by atoms with E-state index in [4.69, 9.17) is 16.7 Å². The first-order valence-corrected chi connectivity index (χ1v) is 7.14. The number of likely N-dealkylation sites (tertiary alicyclic amines) is 1. The summed E-state index contributed by atoms with van der Waals surface area (Å²) in [4.78, 5) is 25.0. The molecule has 0 aromatic heterocycles. The molecule has 1 aliphatic heterocycles. The molecule has 4 nitrogen and oxygen atoms in total. The van der Waals surface area contributed by atoms with Crippen molar-refractivity contribution in [1.82, 2.24) is 4.90 Å². The molecular weight excluding hydrogens is 278 g/mol. The summed E-state index contributed by atoms with van der Waals surface area (Å²) >= 11 is 5.93. The molecule has 2 rings (SSSR count). The molecule has 0 aliphatic carbocycles. The summed E-state index contributed by atoms with van der Waals surface area (Å²) in [6.45, 7) is 2.37. The zero-order chi connectivity index (χ0) is 14.7. The molecule has 1 amide bonds. The van der Waals surface area contributed by atoms with Gasteiger partial charge in [-0.1, -0.05) is 30.7 Å². The first-order chi connectivity index (χ1) is 9.49. The van der Waals surface area contributed by atoms with Gasteiger partial charge in [-0.25, -0.2) is 4.79 Å². The van der Waals surface area contributed by atoms with Gasteiger partial charge in [0, 0.05) is 17.5 Å². The number of halogens is 1. The minimum Gasteiger partial charge on any atom is -0.480 e. The molecule has 1 fully saturated rings. The van der Waals surface area contributed by atoms with E-state index in [9.17, 15) is 9.59 Å². The highest BCUT2D eigenvalue weighted by atomic mass is 35.5. The van der Waals surface area contributed by atoms with Crippen molar-refractivity contribution in [2.75, 3.05) is 6.54 Å². The molecular formula is C15H18ClNO3. The normalized spacial score (nSPS) is 19.9. The number of hydrogen-bond acceptors (Lipinski definition) is 2. The van der Waals surface area contributed by atoms with E-state index in [2.05, 4.69) is 0 Å². The van der Waals surface area contributed by atoms with Crippen LogP contribution in [0.3, 0.4) is 0 Å². The van der Waals surface area contributed by atoms with Gasteiger partial charge in [0.15, 0.2) is 0 Å². The maximum Gasteiger partial charge on any atom is 0.326 e. The smallest absolute Gasteiger partial charge is 0.326 e. The molecule has 1 heterocycles. The van der Waals surface area contributed by atoms with Gasteiger partial charge in [0.05, 0.1) is 0 Å². The molecule has 1 aliphatic rings. The summed E-state index contributed by atoms with van der Waals surface area (Å²) in [5.74, 6) is -1.24. The Morgan fingerprint density at radius 1 is 1.50 bits per heavy atom. The topological polar surface area (TPSA) is 57.6 Å². The zero-order valence-electron chi connectivity index (χ0n) is 11.4. The summed E-state index contributed by atoms with van der Waals surface area (Å²) in [6.07, 6.45) is 1.87. The summed E-state index contributed by atoms with van der Waals surface area (Å²) in [5.41, 5.74) is 0.990. The number of carboxylic acid groups (broad SMARTS) is 1. The first-order valence-electron chi connectivity index (χ1n) is 6.76. The second-order valence-electron chi connectivity index (χ2n) is 5.26. The van der Waals surface area contributed by atoms with Crippen molar-refractivity contribution in [3.05, 3.63) is 34.9 Å². The molecule has 1 saturated heterocycles. The minimum absolute atomic E-state index is 0.0881. The number of aliphatic carboxylic acids is 1. The summed E-state index contributed by atoms with van der Waals surface area (Å²) < 4.78 is 0. The fraction of sp³-hybridized carbons (Fsp3) is 0.467. The van der Waals surface area contributed by atoms with Crippen molar-refractivity contribution in [1.29, 1.82) is 0 Å². The highest BCUT2D eigenvalue weighted by Gasteiger charge is 2.35. The molecule has 108 valence electrons. The SMILES string of the molecule is CC(Cc1cccc(Cl)c1)C(=O)N1CCC[C@H]1C(=O)O. The average molecular weight is 296 g/mol. The van der Waals surface area contributed by atoms with Crippen molar-refractivity contribution in [3.63, 3.8) is 0 Å². The zero-order valence-corrected chi connectivity index (χ0v) is 12.1. The Morgan fingerprint density at radius 3 is 2.90 bits per heavy atom. The van der Waals surface area contributed by atoms with E-state index in [0.29, 0.717) is 24.4 Å². The summed E-state index contributed by atoms with van der Waals surface area (Å²) in [5, 5.41) is 9.77. The van der Waals surface area contributed by atoms with Gasteiger partial charge in [-0.2, -0.15) is 0 Å². The number of rotatable bonds is 4. The van der Waals surface area contributed by atoms with Gasteiger partial charge >= 0.3 is 5.97 Å². The van der Waals surface area contributed by atoms with Crippen molar-refractivity contribution < 1.29 is 14.7 Å². The highest BCUT2D eigenvalue weighted by Crippen LogP contribution is 2.22. The van der Waals surface area contributed by atoms with E-state index in [-0.39, 0.29) is 11.8 Å². The third-order valence-corrected chi connectivity index (χ3v) is 3.91. The minimum atomic E-state index is -0.911. The predicted octanol–water partition coefficient (Wildman–Crippen LogP) is 2.59. The van der Waals surface area contributed by atoms with Gasteiger partial charge < -0.3 is 10.0 Å². The molecule has 2 atom stereocenters. The maximum atomic E-state index is 12.4. The second-order valence-corrected chi connectivity index (χ2v) is 5.70. The van der Waals surface area contributed by atoms with Crippen LogP contribution in [0.1, 0.15) is 25.3 Å². The van der Waals surface area contributed by atoms with Crippen LogP contribution in [0.5, 0.6) is 0 Å². The Hall–Kier alpha value is -1.55. The van der Waals surface area contributed by atoms with Crippen LogP contribution in [0.4, 0.5) is 0 Å². The quantitative estimate of drug-likeness (QED) is 0.929. The standard InChI is InChI=1S/C15H18ClNO3/c1-10(8-11-4-2-5-12(16)9-11)14(18)17-7-3-6-13(17)15(19)20/h2,4-5,9-10,13H,3,6-8H2,1H3,(H,19,20)/t10?,13-/m0/s1. The predicted molar refractivity (Wildman–Crippen MR) is 76.7 cm³/mol. The van der Waals surface area contributed by atoms with Crippen LogP contribution < -0.4 is 0 Å². The number of amides is 1. The van der Waals surface area contributed by atoms with Crippen molar-refractivity contribution in [2.45, 2.75) is 32.2 Å². The lowest BCUT2D eigenvalue weighted by molar-refractivity contribution is -0.149. The number of carbonyl (C=O) groups is 2. The Kier molecular flexibility index (Phi) is 4.65. The lowest BCUT2D eigenvalue weighted by Crippen LogP contribution is -2.43. The molecule has 1 aromatic carbocycles. The van der Waals surface area contributed by atoms with Gasteiger partial charge in [0.2, 0.25) is 5.91 Å². The van der Waals surface area contributed by atoms with Gasteiger partial charge in [-0.05, 0) is 37.0 Å². The van der Waals surface area contributed by atoms with Crippen LogP contribution in [0.15, 0.2) is 24.3 Å². The molecule has 0 radical (unpaired) electrons. The monoisotopic (exact) mass is 295 g/mol. The van der Waals surface area contributed by atoms with Crippen LogP contribution in [-0.2, 0) is 16.0 Å². The summed E-state index contributed by atoms with van der Waals surface area (Å²) in [6, 6.07) is 6.74. The number of benzene rings is 1. The molecule has 5 heteroatoms. The maximum absolute atomic E-state index is 12.4. The molecule has 0 saturated carbocycles. The first kappa shape index (κ1) is 14.9. The molecule has 1 unspecified atom stereocenters. The van der Waals surface area contributed by atoms with E-state index >= 15 is 0 Å². The van der Waals surface area contributed by atoms with Gasteiger partial charge in [-0.15, -0.1) is 0 Å². The molecule has 1 aromatic rings. The van der Waals surface area contributed by atoms with Crippen molar-refractivity contribution in [2.24, 2.45) is 5.92 Å². The Labute approximate surface area is 123 Å². The van der Waals surface area contributed by atoms with Crippen molar-refractivity contribution >= 4 is 23.5 Å². The van der Waals surface area contributed by atoms with Gasteiger partial charge in [-0.3, -0.25) is 4.79 Å². The molecule has 0 bridgehead atoms. The fourth-order valence-corrected chi connectivity index (χ4v) is 2.89. The van der Waals surface area contributed by atoms with Crippen molar-refractivity contribution in [3.8, 4) is 0 Å². The van der Waals surface area contributed by atoms with Crippen LogP contribution >= 0.6 is 11.6 Å². The number of carboxylic acids is 1. The summed E-state index contributed by atoms with van der Waals surface area (Å²) in [7, 11) is 0. The Balaban J connectivity index is 2.03. The number of hydrogen-bond donors (Lipinski definition) is 1. The fourth-order valence-electron chi connectivity index (χ4n) is 2.68. The van der Waals surface area contributed by atoms with E-state index in [1.54, 1.807) is 6.07 Å². The van der Waals surface area contributed by atoms with E-state index in [1.807, 2.05) is 25.1 Å². The van der Waals surface area contributed by atoms with Gasteiger partial charge in [0.1, 0.15) is 6.04 Å².